The number of nitrogens with one attached hydrogen (secondary N) is 1. The SMILES string of the molecule is COC(=O)c1ccc(C(C)=O)nc1NC(=O)OC(C)(C)C. The Balaban J connectivity index is 3.12. The molecule has 114 valence electrons. The van der Waals surface area contributed by atoms with Crippen LogP contribution in [0.2, 0.25) is 0 Å². The van der Waals surface area contributed by atoms with Crippen molar-refractivity contribution in [2.24, 2.45) is 0 Å². The van der Waals surface area contributed by atoms with Crippen LogP contribution in [0, 0.1) is 0 Å². The Hall–Kier alpha value is -2.44. The maximum Gasteiger partial charge on any atom is 0.413 e. The predicted octanol–water partition coefficient (Wildman–Crippen LogP) is 2.42. The van der Waals surface area contributed by atoms with Crippen molar-refractivity contribution in [1.29, 1.82) is 0 Å². The quantitative estimate of drug-likeness (QED) is 0.679. The van der Waals surface area contributed by atoms with Crippen LogP contribution in [0.4, 0.5) is 10.6 Å². The van der Waals surface area contributed by atoms with E-state index in [-0.39, 0.29) is 22.9 Å². The second kappa shape index (κ2) is 6.34. The summed E-state index contributed by atoms with van der Waals surface area (Å²) in [4.78, 5) is 38.7. The number of hydrogen-bond donors (Lipinski definition) is 1. The van der Waals surface area contributed by atoms with Crippen molar-refractivity contribution < 1.29 is 23.9 Å². The zero-order valence-corrected chi connectivity index (χ0v) is 12.6. The van der Waals surface area contributed by atoms with E-state index >= 15 is 0 Å². The van der Waals surface area contributed by atoms with Crippen molar-refractivity contribution in [3.63, 3.8) is 0 Å². The fraction of sp³-hybridized carbons (Fsp3) is 0.429. The zero-order valence-electron chi connectivity index (χ0n) is 12.6. The maximum atomic E-state index is 11.8. The fourth-order valence-electron chi connectivity index (χ4n) is 1.43. The van der Waals surface area contributed by atoms with E-state index in [4.69, 9.17) is 4.74 Å². The van der Waals surface area contributed by atoms with Crippen molar-refractivity contribution >= 4 is 23.7 Å². The Labute approximate surface area is 122 Å². The molecule has 0 atom stereocenters. The summed E-state index contributed by atoms with van der Waals surface area (Å²) in [7, 11) is 1.21. The molecule has 0 aliphatic carbocycles. The summed E-state index contributed by atoms with van der Waals surface area (Å²) >= 11 is 0. The summed E-state index contributed by atoms with van der Waals surface area (Å²) < 4.78 is 9.69. The van der Waals surface area contributed by atoms with E-state index in [1.807, 2.05) is 0 Å². The number of hydrogen-bond acceptors (Lipinski definition) is 6. The molecular formula is C14H18N2O5. The molecule has 1 aromatic rings. The molecule has 1 heterocycles. The van der Waals surface area contributed by atoms with E-state index in [1.165, 1.54) is 26.2 Å². The minimum atomic E-state index is -0.777. The number of anilines is 1. The van der Waals surface area contributed by atoms with Crippen LogP contribution in [0.3, 0.4) is 0 Å². The van der Waals surface area contributed by atoms with Crippen molar-refractivity contribution in [3.8, 4) is 0 Å². The lowest BCUT2D eigenvalue weighted by Gasteiger charge is -2.20. The third kappa shape index (κ3) is 4.87. The average molecular weight is 294 g/mol. The normalized spacial score (nSPS) is 10.7. The molecule has 0 saturated carbocycles. The van der Waals surface area contributed by atoms with Gasteiger partial charge in [0.1, 0.15) is 16.9 Å². The van der Waals surface area contributed by atoms with Crippen molar-refractivity contribution in [1.82, 2.24) is 4.98 Å². The summed E-state index contributed by atoms with van der Waals surface area (Å²) in [6.45, 7) is 6.44. The third-order valence-electron chi connectivity index (χ3n) is 2.28. The van der Waals surface area contributed by atoms with E-state index in [9.17, 15) is 14.4 Å². The minimum Gasteiger partial charge on any atom is -0.465 e. The standard InChI is InChI=1S/C14H18N2O5/c1-8(17)10-7-6-9(12(18)20-5)11(15-10)16-13(19)21-14(2,3)4/h6-7H,1-5H3,(H,15,16,19). The Morgan fingerprint density at radius 1 is 1.19 bits per heavy atom. The highest BCUT2D eigenvalue weighted by atomic mass is 16.6. The summed E-state index contributed by atoms with van der Waals surface area (Å²) in [6.07, 6.45) is -0.777. The van der Waals surface area contributed by atoms with Crippen LogP contribution in [-0.4, -0.2) is 35.5 Å². The number of aromatic nitrogens is 1. The molecule has 21 heavy (non-hydrogen) atoms. The van der Waals surface area contributed by atoms with Crippen LogP contribution in [0.5, 0.6) is 0 Å². The first kappa shape index (κ1) is 16.6. The molecule has 1 rings (SSSR count). The molecule has 1 N–H and O–H groups in total. The number of amides is 1. The molecule has 0 aliphatic heterocycles. The fourth-order valence-corrected chi connectivity index (χ4v) is 1.43. The van der Waals surface area contributed by atoms with Gasteiger partial charge < -0.3 is 9.47 Å². The Bertz CT molecular complexity index is 575. The molecule has 0 aromatic carbocycles. The number of pyridine rings is 1. The molecular weight excluding hydrogens is 276 g/mol. The summed E-state index contributed by atoms with van der Waals surface area (Å²) in [5.41, 5.74) is -0.546. The lowest BCUT2D eigenvalue weighted by Crippen LogP contribution is -2.28. The summed E-state index contributed by atoms with van der Waals surface area (Å²) in [6, 6.07) is 2.75. The number of carbonyl (C=O) groups excluding carboxylic acids is 3. The molecule has 1 amide bonds. The van der Waals surface area contributed by atoms with E-state index in [0.29, 0.717) is 0 Å². The van der Waals surface area contributed by atoms with Gasteiger partial charge in [0.2, 0.25) is 0 Å². The van der Waals surface area contributed by atoms with Crippen molar-refractivity contribution in [3.05, 3.63) is 23.4 Å². The molecule has 7 nitrogen and oxygen atoms in total. The Morgan fingerprint density at radius 3 is 2.29 bits per heavy atom. The average Bonchev–Trinajstić information content (AvgIpc) is 2.35. The number of methoxy groups -OCH3 is 1. The monoisotopic (exact) mass is 294 g/mol. The smallest absolute Gasteiger partial charge is 0.413 e. The lowest BCUT2D eigenvalue weighted by atomic mass is 10.2. The van der Waals surface area contributed by atoms with Crippen LogP contribution < -0.4 is 5.32 Å². The van der Waals surface area contributed by atoms with E-state index < -0.39 is 17.7 Å². The van der Waals surface area contributed by atoms with Gasteiger partial charge >= 0.3 is 12.1 Å². The summed E-state index contributed by atoms with van der Waals surface area (Å²) in [5, 5.41) is 2.35. The second-order valence-electron chi connectivity index (χ2n) is 5.27. The summed E-state index contributed by atoms with van der Waals surface area (Å²) in [5.74, 6) is -1.05. The topological polar surface area (TPSA) is 94.6 Å². The Kier molecular flexibility index (Phi) is 5.02. The minimum absolute atomic E-state index is 0.0355. The number of carbonyl (C=O) groups is 3. The van der Waals surface area contributed by atoms with Gasteiger partial charge in [0.05, 0.1) is 7.11 Å². The molecule has 0 fully saturated rings. The van der Waals surface area contributed by atoms with Gasteiger partial charge in [-0.25, -0.2) is 14.6 Å². The van der Waals surface area contributed by atoms with E-state index in [2.05, 4.69) is 15.0 Å². The predicted molar refractivity (Wildman–Crippen MR) is 75.4 cm³/mol. The maximum absolute atomic E-state index is 11.8. The van der Waals surface area contributed by atoms with Crippen LogP contribution in [0.15, 0.2) is 12.1 Å². The van der Waals surface area contributed by atoms with Gasteiger partial charge in [-0.05, 0) is 32.9 Å². The number of ether oxygens (including phenoxy) is 2. The van der Waals surface area contributed by atoms with Gasteiger partial charge in [0, 0.05) is 6.92 Å². The van der Waals surface area contributed by atoms with Crippen LogP contribution in [-0.2, 0) is 9.47 Å². The highest BCUT2D eigenvalue weighted by Gasteiger charge is 2.21. The number of nitrogens with zero attached hydrogens (tertiary/aromatic N) is 1. The van der Waals surface area contributed by atoms with Gasteiger partial charge in [-0.15, -0.1) is 0 Å². The molecule has 0 saturated heterocycles. The number of rotatable bonds is 3. The van der Waals surface area contributed by atoms with Gasteiger partial charge in [0.15, 0.2) is 11.6 Å². The first-order valence-electron chi connectivity index (χ1n) is 6.24. The molecule has 7 heteroatoms. The number of esters is 1. The van der Waals surface area contributed by atoms with Crippen molar-refractivity contribution in [2.75, 3.05) is 12.4 Å². The van der Waals surface area contributed by atoms with Gasteiger partial charge in [-0.3, -0.25) is 10.1 Å². The van der Waals surface area contributed by atoms with Crippen LogP contribution in [0.1, 0.15) is 48.5 Å². The Morgan fingerprint density at radius 2 is 1.81 bits per heavy atom. The van der Waals surface area contributed by atoms with Gasteiger partial charge in [0.25, 0.3) is 0 Å². The molecule has 0 unspecified atom stereocenters. The third-order valence-corrected chi connectivity index (χ3v) is 2.28. The molecule has 0 aliphatic rings. The molecule has 0 bridgehead atoms. The highest BCUT2D eigenvalue weighted by molar-refractivity contribution is 6.00. The number of ketones is 1. The number of Topliss-reactive ketones (excluding diaryl/α,β-unsaturated/α-hetero) is 1. The molecule has 0 radical (unpaired) electrons. The first-order chi connectivity index (χ1) is 9.64. The highest BCUT2D eigenvalue weighted by Crippen LogP contribution is 2.17. The molecule has 0 spiro atoms. The van der Waals surface area contributed by atoms with E-state index in [0.717, 1.165) is 0 Å². The van der Waals surface area contributed by atoms with E-state index in [1.54, 1.807) is 20.8 Å². The van der Waals surface area contributed by atoms with Gasteiger partial charge in [-0.2, -0.15) is 0 Å². The second-order valence-corrected chi connectivity index (χ2v) is 5.27. The first-order valence-corrected chi connectivity index (χ1v) is 6.24. The van der Waals surface area contributed by atoms with Gasteiger partial charge in [-0.1, -0.05) is 0 Å². The van der Waals surface area contributed by atoms with Crippen LogP contribution in [0.25, 0.3) is 0 Å². The molecule has 1 aromatic heterocycles. The van der Waals surface area contributed by atoms with Crippen LogP contribution >= 0.6 is 0 Å². The van der Waals surface area contributed by atoms with Crippen molar-refractivity contribution in [2.45, 2.75) is 33.3 Å². The zero-order chi connectivity index (χ0) is 16.2. The largest absolute Gasteiger partial charge is 0.465 e. The lowest BCUT2D eigenvalue weighted by molar-refractivity contribution is 0.0601.